The molecule has 1 amide bonds. The standard InChI is InChI=1S/C17H23NO5/c1-17(2,3)23-16(21)18-13(9-10-14(18)19)15(20)22-11-12-7-5-4-6-8-12/h4-8,13-14,19H,9-11H2,1-3H3/t13-,14?/m0/s1. The van der Waals surface area contributed by atoms with E-state index in [1.807, 2.05) is 30.3 Å². The molecule has 0 radical (unpaired) electrons. The van der Waals surface area contributed by atoms with Crippen LogP contribution in [0.15, 0.2) is 30.3 Å². The van der Waals surface area contributed by atoms with Gasteiger partial charge in [-0.05, 0) is 39.2 Å². The number of benzene rings is 1. The van der Waals surface area contributed by atoms with Crippen molar-refractivity contribution in [2.24, 2.45) is 0 Å². The number of carbonyl (C=O) groups is 2. The van der Waals surface area contributed by atoms with Gasteiger partial charge in [-0.15, -0.1) is 0 Å². The Bertz CT molecular complexity index is 552. The van der Waals surface area contributed by atoms with Crippen LogP contribution in [0.5, 0.6) is 0 Å². The largest absolute Gasteiger partial charge is 0.459 e. The van der Waals surface area contributed by atoms with Gasteiger partial charge in [-0.1, -0.05) is 30.3 Å². The summed E-state index contributed by atoms with van der Waals surface area (Å²) in [5.74, 6) is -0.531. The van der Waals surface area contributed by atoms with Crippen LogP contribution in [0.1, 0.15) is 39.2 Å². The lowest BCUT2D eigenvalue weighted by Crippen LogP contribution is -2.47. The van der Waals surface area contributed by atoms with Crippen LogP contribution >= 0.6 is 0 Å². The summed E-state index contributed by atoms with van der Waals surface area (Å²) < 4.78 is 10.5. The van der Waals surface area contributed by atoms with E-state index in [1.165, 1.54) is 0 Å². The Kier molecular flexibility index (Phi) is 5.26. The van der Waals surface area contributed by atoms with Gasteiger partial charge < -0.3 is 14.6 Å². The molecule has 1 heterocycles. The van der Waals surface area contributed by atoms with Crippen LogP contribution in [0, 0.1) is 0 Å². The van der Waals surface area contributed by atoms with Crippen molar-refractivity contribution in [1.29, 1.82) is 0 Å². The van der Waals surface area contributed by atoms with Crippen LogP contribution in [0.25, 0.3) is 0 Å². The number of amides is 1. The second-order valence-corrected chi connectivity index (χ2v) is 6.55. The van der Waals surface area contributed by atoms with Gasteiger partial charge in [0.15, 0.2) is 0 Å². The van der Waals surface area contributed by atoms with Gasteiger partial charge in [0, 0.05) is 0 Å². The van der Waals surface area contributed by atoms with E-state index in [9.17, 15) is 14.7 Å². The maximum absolute atomic E-state index is 12.3. The first-order valence-electron chi connectivity index (χ1n) is 7.68. The van der Waals surface area contributed by atoms with Crippen molar-refractivity contribution < 1.29 is 24.2 Å². The minimum atomic E-state index is -1.03. The smallest absolute Gasteiger partial charge is 0.413 e. The lowest BCUT2D eigenvalue weighted by Gasteiger charge is -2.29. The van der Waals surface area contributed by atoms with E-state index in [4.69, 9.17) is 9.47 Å². The van der Waals surface area contributed by atoms with E-state index in [1.54, 1.807) is 20.8 Å². The van der Waals surface area contributed by atoms with Crippen molar-refractivity contribution in [3.63, 3.8) is 0 Å². The summed E-state index contributed by atoms with van der Waals surface area (Å²) in [5, 5.41) is 9.98. The molecule has 0 aromatic heterocycles. The fraction of sp³-hybridized carbons (Fsp3) is 0.529. The Balaban J connectivity index is 1.99. The molecule has 23 heavy (non-hydrogen) atoms. The molecule has 0 spiro atoms. The highest BCUT2D eigenvalue weighted by molar-refractivity contribution is 5.82. The van der Waals surface area contributed by atoms with E-state index >= 15 is 0 Å². The Hall–Kier alpha value is -2.08. The van der Waals surface area contributed by atoms with Crippen LogP contribution in [0.2, 0.25) is 0 Å². The fourth-order valence-electron chi connectivity index (χ4n) is 2.41. The number of esters is 1. The molecule has 1 aromatic carbocycles. The molecular formula is C17H23NO5. The molecule has 6 nitrogen and oxygen atoms in total. The third kappa shape index (κ3) is 4.69. The number of aliphatic hydroxyl groups is 1. The zero-order valence-corrected chi connectivity index (χ0v) is 13.7. The summed E-state index contributed by atoms with van der Waals surface area (Å²) >= 11 is 0. The minimum absolute atomic E-state index is 0.133. The monoisotopic (exact) mass is 321 g/mol. The van der Waals surface area contributed by atoms with E-state index in [-0.39, 0.29) is 6.61 Å². The summed E-state index contributed by atoms with van der Waals surface area (Å²) in [6, 6.07) is 8.47. The summed E-state index contributed by atoms with van der Waals surface area (Å²) in [5.41, 5.74) is 0.168. The maximum Gasteiger partial charge on any atom is 0.413 e. The van der Waals surface area contributed by atoms with Crippen molar-refractivity contribution in [2.75, 3.05) is 0 Å². The number of aliphatic hydroxyl groups excluding tert-OH is 1. The molecule has 0 saturated carbocycles. The lowest BCUT2D eigenvalue weighted by molar-refractivity contribution is -0.152. The number of hydrogen-bond acceptors (Lipinski definition) is 5. The first-order valence-corrected chi connectivity index (χ1v) is 7.68. The highest BCUT2D eigenvalue weighted by Crippen LogP contribution is 2.26. The Morgan fingerprint density at radius 3 is 2.48 bits per heavy atom. The van der Waals surface area contributed by atoms with Gasteiger partial charge in [-0.2, -0.15) is 0 Å². The zero-order chi connectivity index (χ0) is 17.0. The van der Waals surface area contributed by atoms with Crippen LogP contribution in [-0.2, 0) is 20.9 Å². The number of nitrogens with zero attached hydrogens (tertiary/aromatic N) is 1. The third-order valence-electron chi connectivity index (χ3n) is 3.46. The van der Waals surface area contributed by atoms with Crippen molar-refractivity contribution in [3.8, 4) is 0 Å². The Morgan fingerprint density at radius 1 is 1.22 bits per heavy atom. The molecule has 2 atom stereocenters. The van der Waals surface area contributed by atoms with Crippen LogP contribution < -0.4 is 0 Å². The first-order chi connectivity index (χ1) is 10.8. The highest BCUT2D eigenvalue weighted by Gasteiger charge is 2.43. The van der Waals surface area contributed by atoms with Gasteiger partial charge in [0.05, 0.1) is 0 Å². The number of ether oxygens (including phenoxy) is 2. The van der Waals surface area contributed by atoms with E-state index < -0.39 is 29.9 Å². The normalized spacial score (nSPS) is 21.1. The van der Waals surface area contributed by atoms with Crippen molar-refractivity contribution in [3.05, 3.63) is 35.9 Å². The van der Waals surface area contributed by atoms with E-state index in [0.717, 1.165) is 10.5 Å². The van der Waals surface area contributed by atoms with Crippen molar-refractivity contribution in [2.45, 2.75) is 58.1 Å². The molecule has 0 bridgehead atoms. The quantitative estimate of drug-likeness (QED) is 0.865. The average molecular weight is 321 g/mol. The summed E-state index contributed by atoms with van der Waals surface area (Å²) in [6.45, 7) is 5.33. The van der Waals surface area contributed by atoms with Crippen LogP contribution in [-0.4, -0.2) is 39.9 Å². The molecule has 1 aromatic rings. The van der Waals surface area contributed by atoms with E-state index in [2.05, 4.69) is 0 Å². The highest BCUT2D eigenvalue weighted by atomic mass is 16.6. The van der Waals surface area contributed by atoms with Gasteiger partial charge in [-0.25, -0.2) is 9.59 Å². The third-order valence-corrected chi connectivity index (χ3v) is 3.46. The average Bonchev–Trinajstić information content (AvgIpc) is 2.86. The van der Waals surface area contributed by atoms with Crippen molar-refractivity contribution in [1.82, 2.24) is 4.90 Å². The molecule has 6 heteroatoms. The molecule has 1 N–H and O–H groups in total. The maximum atomic E-state index is 12.3. The fourth-order valence-corrected chi connectivity index (χ4v) is 2.41. The predicted octanol–water partition coefficient (Wildman–Crippen LogP) is 2.45. The van der Waals surface area contributed by atoms with Crippen LogP contribution in [0.3, 0.4) is 0 Å². The summed E-state index contributed by atoms with van der Waals surface area (Å²) in [7, 11) is 0. The molecule has 1 saturated heterocycles. The van der Waals surface area contributed by atoms with Gasteiger partial charge in [-0.3, -0.25) is 4.90 Å². The molecular weight excluding hydrogens is 298 g/mol. The SMILES string of the molecule is CC(C)(C)OC(=O)N1C(O)CC[C@H]1C(=O)OCc1ccccc1. The first kappa shape index (κ1) is 17.3. The second kappa shape index (κ2) is 7.00. The molecule has 1 fully saturated rings. The second-order valence-electron chi connectivity index (χ2n) is 6.55. The topological polar surface area (TPSA) is 76.1 Å². The number of likely N-dealkylation sites (tertiary alicyclic amines) is 1. The van der Waals surface area contributed by atoms with Gasteiger partial charge in [0.2, 0.25) is 0 Å². The van der Waals surface area contributed by atoms with Gasteiger partial charge in [0.25, 0.3) is 0 Å². The van der Waals surface area contributed by atoms with Crippen molar-refractivity contribution >= 4 is 12.1 Å². The number of carbonyl (C=O) groups excluding carboxylic acids is 2. The zero-order valence-electron chi connectivity index (χ0n) is 13.7. The molecule has 0 aliphatic carbocycles. The predicted molar refractivity (Wildman–Crippen MR) is 83.3 cm³/mol. The minimum Gasteiger partial charge on any atom is -0.459 e. The van der Waals surface area contributed by atoms with Gasteiger partial charge in [0.1, 0.15) is 24.5 Å². The van der Waals surface area contributed by atoms with Gasteiger partial charge >= 0.3 is 12.1 Å². The Labute approximate surface area is 136 Å². The molecule has 1 aliphatic rings. The molecule has 2 rings (SSSR count). The van der Waals surface area contributed by atoms with E-state index in [0.29, 0.717) is 12.8 Å². The lowest BCUT2D eigenvalue weighted by atomic mass is 10.2. The molecule has 126 valence electrons. The molecule has 1 unspecified atom stereocenters. The number of hydrogen-bond donors (Lipinski definition) is 1. The summed E-state index contributed by atoms with van der Waals surface area (Å²) in [6.07, 6.45) is -1.05. The molecule has 1 aliphatic heterocycles. The summed E-state index contributed by atoms with van der Waals surface area (Å²) in [4.78, 5) is 25.5. The Morgan fingerprint density at radius 2 is 1.87 bits per heavy atom. The van der Waals surface area contributed by atoms with Crippen LogP contribution in [0.4, 0.5) is 4.79 Å². The number of rotatable bonds is 3.